The quantitative estimate of drug-likeness (QED) is 0.436. The number of hydrogen-bond acceptors (Lipinski definition) is 6. The van der Waals surface area contributed by atoms with E-state index in [0.717, 1.165) is 0 Å². The highest BCUT2D eigenvalue weighted by molar-refractivity contribution is 6.00. The maximum absolute atomic E-state index is 12.2. The van der Waals surface area contributed by atoms with Gasteiger partial charge < -0.3 is 19.7 Å². The number of rotatable bonds is 3. The van der Waals surface area contributed by atoms with Crippen molar-refractivity contribution < 1.29 is 24.5 Å². The van der Waals surface area contributed by atoms with Crippen LogP contribution in [0.15, 0.2) is 45.9 Å². The summed E-state index contributed by atoms with van der Waals surface area (Å²) in [5, 5.41) is 32.8. The lowest BCUT2D eigenvalue weighted by molar-refractivity contribution is 0.0929. The molecule has 0 saturated carbocycles. The van der Waals surface area contributed by atoms with Crippen molar-refractivity contribution in [3.05, 3.63) is 53.3 Å². The molecule has 3 aromatic rings. The summed E-state index contributed by atoms with van der Waals surface area (Å²) >= 11 is 0. The van der Waals surface area contributed by atoms with Crippen LogP contribution in [0.2, 0.25) is 0 Å². The van der Waals surface area contributed by atoms with Crippen molar-refractivity contribution in [2.45, 2.75) is 6.92 Å². The average molecular weight is 326 g/mol. The van der Waals surface area contributed by atoms with E-state index in [2.05, 4.69) is 10.5 Å². The minimum absolute atomic E-state index is 0.0338. The van der Waals surface area contributed by atoms with E-state index in [1.807, 2.05) is 0 Å². The first-order chi connectivity index (χ1) is 11.5. The number of hydrazone groups is 1. The van der Waals surface area contributed by atoms with Crippen LogP contribution in [0, 0.1) is 6.92 Å². The Morgan fingerprint density at radius 3 is 2.54 bits per heavy atom. The molecule has 0 unspecified atom stereocenters. The van der Waals surface area contributed by atoms with Gasteiger partial charge in [0.1, 0.15) is 22.8 Å². The van der Waals surface area contributed by atoms with Gasteiger partial charge in [-0.1, -0.05) is 6.07 Å². The molecule has 2 aromatic carbocycles. The number of nitrogens with zero attached hydrogens (tertiary/aromatic N) is 1. The second kappa shape index (κ2) is 5.96. The number of aryl methyl sites for hydroxylation is 1. The van der Waals surface area contributed by atoms with Crippen LogP contribution in [-0.4, -0.2) is 27.4 Å². The van der Waals surface area contributed by atoms with E-state index in [9.17, 15) is 20.1 Å². The summed E-state index contributed by atoms with van der Waals surface area (Å²) in [5.41, 5.74) is 3.62. The van der Waals surface area contributed by atoms with Gasteiger partial charge in [-0.3, -0.25) is 4.79 Å². The van der Waals surface area contributed by atoms with Crippen LogP contribution >= 0.6 is 0 Å². The van der Waals surface area contributed by atoms with Crippen LogP contribution in [0.25, 0.3) is 11.0 Å². The Hall–Kier alpha value is -3.48. The first-order valence-electron chi connectivity index (χ1n) is 7.03. The number of hydrogen-bond donors (Lipinski definition) is 4. The van der Waals surface area contributed by atoms with Crippen LogP contribution in [0.3, 0.4) is 0 Å². The predicted molar refractivity (Wildman–Crippen MR) is 87.4 cm³/mol. The van der Waals surface area contributed by atoms with Gasteiger partial charge in [0.2, 0.25) is 0 Å². The normalized spacial score (nSPS) is 11.2. The second-order valence-electron chi connectivity index (χ2n) is 5.19. The maximum Gasteiger partial charge on any atom is 0.307 e. The SMILES string of the molecule is Cc1c(C(=O)NN=Cc2cc(O)cc(O)c2)oc2cccc(O)c12. The molecule has 0 aliphatic heterocycles. The number of fused-ring (bicyclic) bond motifs is 1. The highest BCUT2D eigenvalue weighted by Crippen LogP contribution is 2.32. The zero-order chi connectivity index (χ0) is 17.3. The topological polar surface area (TPSA) is 115 Å². The third-order valence-corrected chi connectivity index (χ3v) is 3.44. The molecule has 0 spiro atoms. The Morgan fingerprint density at radius 2 is 1.88 bits per heavy atom. The lowest BCUT2D eigenvalue weighted by atomic mass is 10.1. The smallest absolute Gasteiger partial charge is 0.307 e. The van der Waals surface area contributed by atoms with Crippen molar-refractivity contribution in [2.24, 2.45) is 5.10 Å². The second-order valence-corrected chi connectivity index (χ2v) is 5.19. The summed E-state index contributed by atoms with van der Waals surface area (Å²) in [6.45, 7) is 1.66. The van der Waals surface area contributed by atoms with Gasteiger partial charge >= 0.3 is 5.91 Å². The first kappa shape index (κ1) is 15.4. The van der Waals surface area contributed by atoms with E-state index < -0.39 is 5.91 Å². The molecule has 0 radical (unpaired) electrons. The highest BCUT2D eigenvalue weighted by atomic mass is 16.3. The summed E-state index contributed by atoms with van der Waals surface area (Å²) < 4.78 is 5.46. The molecule has 24 heavy (non-hydrogen) atoms. The molecule has 0 bridgehead atoms. The number of benzene rings is 2. The third kappa shape index (κ3) is 2.87. The van der Waals surface area contributed by atoms with Gasteiger partial charge in [-0.2, -0.15) is 5.10 Å². The summed E-state index contributed by atoms with van der Waals surface area (Å²) in [7, 11) is 0. The van der Waals surface area contributed by atoms with Crippen LogP contribution in [0.5, 0.6) is 17.2 Å². The number of amides is 1. The zero-order valence-electron chi connectivity index (χ0n) is 12.6. The standard InChI is InChI=1S/C17H14N2O5/c1-9-15-13(22)3-2-4-14(15)24-16(9)17(23)19-18-8-10-5-11(20)7-12(21)6-10/h2-8,20-22H,1H3,(H,19,23). The van der Waals surface area contributed by atoms with Crippen LogP contribution < -0.4 is 5.43 Å². The number of phenolic OH excluding ortho intramolecular Hbond substituents is 3. The minimum Gasteiger partial charge on any atom is -0.508 e. The molecule has 0 fully saturated rings. The fourth-order valence-corrected chi connectivity index (χ4v) is 2.41. The summed E-state index contributed by atoms with van der Waals surface area (Å²) in [5.74, 6) is -0.740. The lowest BCUT2D eigenvalue weighted by Crippen LogP contribution is -2.17. The van der Waals surface area contributed by atoms with Crippen molar-refractivity contribution in [1.29, 1.82) is 0 Å². The minimum atomic E-state index is -0.580. The summed E-state index contributed by atoms with van der Waals surface area (Å²) in [6.07, 6.45) is 1.27. The van der Waals surface area contributed by atoms with Gasteiger partial charge in [-0.25, -0.2) is 5.43 Å². The van der Waals surface area contributed by atoms with Gasteiger partial charge in [-0.05, 0) is 31.2 Å². The number of nitrogens with one attached hydrogen (secondary N) is 1. The van der Waals surface area contributed by atoms with E-state index in [4.69, 9.17) is 4.42 Å². The van der Waals surface area contributed by atoms with Crippen LogP contribution in [0.1, 0.15) is 21.7 Å². The molecule has 1 amide bonds. The number of carbonyl (C=O) groups is 1. The number of phenols is 3. The Balaban J connectivity index is 1.81. The van der Waals surface area contributed by atoms with Crippen molar-refractivity contribution in [1.82, 2.24) is 5.43 Å². The van der Waals surface area contributed by atoms with Gasteiger partial charge in [-0.15, -0.1) is 0 Å². The lowest BCUT2D eigenvalue weighted by Gasteiger charge is -1.99. The third-order valence-electron chi connectivity index (χ3n) is 3.44. The van der Waals surface area contributed by atoms with Crippen molar-refractivity contribution in [3.63, 3.8) is 0 Å². The molecule has 3 rings (SSSR count). The summed E-state index contributed by atoms with van der Waals surface area (Å²) in [6, 6.07) is 8.71. The Morgan fingerprint density at radius 1 is 1.17 bits per heavy atom. The fraction of sp³-hybridized carbons (Fsp3) is 0.0588. The predicted octanol–water partition coefficient (Wildman–Crippen LogP) is 2.62. The Bertz CT molecular complexity index is 939. The van der Waals surface area contributed by atoms with Crippen molar-refractivity contribution >= 4 is 23.1 Å². The Kier molecular flexibility index (Phi) is 3.83. The molecule has 4 N–H and O–H groups in total. The van der Waals surface area contributed by atoms with E-state index in [-0.39, 0.29) is 23.0 Å². The molecule has 0 aliphatic carbocycles. The van der Waals surface area contributed by atoms with E-state index in [1.165, 1.54) is 30.5 Å². The van der Waals surface area contributed by atoms with Crippen molar-refractivity contribution in [2.75, 3.05) is 0 Å². The Labute approximate surface area is 136 Å². The molecule has 0 saturated heterocycles. The van der Waals surface area contributed by atoms with Crippen LogP contribution in [0.4, 0.5) is 0 Å². The van der Waals surface area contributed by atoms with E-state index in [0.29, 0.717) is 22.1 Å². The zero-order valence-corrected chi connectivity index (χ0v) is 12.6. The molecule has 1 aromatic heterocycles. The van der Waals surface area contributed by atoms with Gasteiger partial charge in [0.25, 0.3) is 0 Å². The monoisotopic (exact) mass is 326 g/mol. The first-order valence-corrected chi connectivity index (χ1v) is 7.03. The van der Waals surface area contributed by atoms with Gasteiger partial charge in [0, 0.05) is 17.2 Å². The van der Waals surface area contributed by atoms with Gasteiger partial charge in [0.05, 0.1) is 11.6 Å². The highest BCUT2D eigenvalue weighted by Gasteiger charge is 2.19. The average Bonchev–Trinajstić information content (AvgIpc) is 2.84. The molecular weight excluding hydrogens is 312 g/mol. The van der Waals surface area contributed by atoms with Gasteiger partial charge in [0.15, 0.2) is 5.76 Å². The van der Waals surface area contributed by atoms with Crippen LogP contribution in [-0.2, 0) is 0 Å². The summed E-state index contributed by atoms with van der Waals surface area (Å²) in [4.78, 5) is 12.2. The molecule has 7 nitrogen and oxygen atoms in total. The molecule has 0 atom stereocenters. The number of furan rings is 1. The number of aromatic hydroxyl groups is 3. The fourth-order valence-electron chi connectivity index (χ4n) is 2.41. The van der Waals surface area contributed by atoms with Crippen molar-refractivity contribution in [3.8, 4) is 17.2 Å². The molecule has 122 valence electrons. The molecule has 7 heteroatoms. The molecular formula is C17H14N2O5. The van der Waals surface area contributed by atoms with E-state index in [1.54, 1.807) is 19.1 Å². The number of carbonyl (C=O) groups excluding carboxylic acids is 1. The largest absolute Gasteiger partial charge is 0.508 e. The maximum atomic E-state index is 12.2. The molecule has 0 aliphatic rings. The molecule has 1 heterocycles. The van der Waals surface area contributed by atoms with E-state index >= 15 is 0 Å².